The maximum atomic E-state index is 12.2. The van der Waals surface area contributed by atoms with Gasteiger partial charge in [-0.15, -0.1) is 0 Å². The van der Waals surface area contributed by atoms with Crippen molar-refractivity contribution >= 4 is 27.5 Å². The number of aryl methyl sites for hydroxylation is 1. The van der Waals surface area contributed by atoms with Crippen molar-refractivity contribution < 1.29 is 9.53 Å². The zero-order chi connectivity index (χ0) is 15.2. The molecule has 0 saturated carbocycles. The maximum absolute atomic E-state index is 12.2. The summed E-state index contributed by atoms with van der Waals surface area (Å²) in [7, 11) is 0. The molecule has 2 aromatic carbocycles. The van der Waals surface area contributed by atoms with Gasteiger partial charge in [0.15, 0.2) is 0 Å². The highest BCUT2D eigenvalue weighted by atomic mass is 79.9. The predicted molar refractivity (Wildman–Crippen MR) is 89.1 cm³/mol. The molecule has 0 bridgehead atoms. The molecule has 0 spiro atoms. The van der Waals surface area contributed by atoms with Gasteiger partial charge in [-0.1, -0.05) is 19.1 Å². The molecule has 0 heterocycles. The van der Waals surface area contributed by atoms with Gasteiger partial charge in [0.1, 0.15) is 5.75 Å². The molecule has 1 amide bonds. The number of benzene rings is 2. The Morgan fingerprint density at radius 1 is 1.24 bits per heavy atom. The van der Waals surface area contributed by atoms with Crippen LogP contribution in [0.15, 0.2) is 46.9 Å². The van der Waals surface area contributed by atoms with Gasteiger partial charge in [0, 0.05) is 11.3 Å². The molecule has 0 aliphatic rings. The lowest BCUT2D eigenvalue weighted by Crippen LogP contribution is -2.12. The average Bonchev–Trinajstić information content (AvgIpc) is 2.46. The summed E-state index contributed by atoms with van der Waals surface area (Å²) in [6, 6.07) is 13.1. The molecule has 0 aliphatic carbocycles. The maximum Gasteiger partial charge on any atom is 0.255 e. The Morgan fingerprint density at radius 3 is 2.71 bits per heavy atom. The van der Waals surface area contributed by atoms with Crippen LogP contribution in [0, 0.1) is 6.92 Å². The fraction of sp³-hybridized carbons (Fsp3) is 0.235. The molecule has 2 aromatic rings. The Balaban J connectivity index is 2.11. The molecule has 0 radical (unpaired) electrons. The summed E-state index contributed by atoms with van der Waals surface area (Å²) in [5.74, 6) is 0.618. The number of amides is 1. The van der Waals surface area contributed by atoms with E-state index in [1.807, 2.05) is 37.3 Å². The van der Waals surface area contributed by atoms with Gasteiger partial charge in [0.2, 0.25) is 0 Å². The number of anilines is 1. The van der Waals surface area contributed by atoms with Crippen LogP contribution in [0.5, 0.6) is 5.75 Å². The largest absolute Gasteiger partial charge is 0.492 e. The minimum atomic E-state index is -0.136. The van der Waals surface area contributed by atoms with Crippen LogP contribution in [0.25, 0.3) is 0 Å². The summed E-state index contributed by atoms with van der Waals surface area (Å²) in [5.41, 5.74) is 2.49. The molecule has 0 saturated heterocycles. The van der Waals surface area contributed by atoms with Gasteiger partial charge in [0.25, 0.3) is 5.91 Å². The lowest BCUT2D eigenvalue weighted by molar-refractivity contribution is 0.102. The number of carbonyl (C=O) groups excluding carboxylic acids is 1. The molecular formula is C17H18BrNO2. The number of carbonyl (C=O) groups is 1. The summed E-state index contributed by atoms with van der Waals surface area (Å²) in [4.78, 5) is 12.2. The third-order valence-corrected chi connectivity index (χ3v) is 3.55. The molecule has 0 fully saturated rings. The van der Waals surface area contributed by atoms with E-state index in [2.05, 4.69) is 28.2 Å². The van der Waals surface area contributed by atoms with Crippen molar-refractivity contribution in [3.8, 4) is 5.75 Å². The van der Waals surface area contributed by atoms with Crippen LogP contribution in [-0.4, -0.2) is 12.5 Å². The van der Waals surface area contributed by atoms with E-state index < -0.39 is 0 Å². The van der Waals surface area contributed by atoms with E-state index in [1.54, 1.807) is 12.1 Å². The molecule has 0 unspecified atom stereocenters. The van der Waals surface area contributed by atoms with Crippen LogP contribution in [0.4, 0.5) is 5.69 Å². The first-order valence-corrected chi connectivity index (χ1v) is 7.70. The number of nitrogens with one attached hydrogen (secondary N) is 1. The second-order valence-electron chi connectivity index (χ2n) is 4.82. The Morgan fingerprint density at radius 2 is 2.05 bits per heavy atom. The average molecular weight is 348 g/mol. The topological polar surface area (TPSA) is 38.3 Å². The van der Waals surface area contributed by atoms with Gasteiger partial charge in [0.05, 0.1) is 11.1 Å². The first kappa shape index (κ1) is 15.6. The van der Waals surface area contributed by atoms with Gasteiger partial charge in [-0.25, -0.2) is 0 Å². The highest BCUT2D eigenvalue weighted by Gasteiger charge is 2.09. The van der Waals surface area contributed by atoms with Crippen LogP contribution in [0.3, 0.4) is 0 Å². The standard InChI is InChI=1S/C17H18BrNO2/c1-3-9-21-16-8-7-13(11-15(16)18)17(20)19-14-6-4-5-12(2)10-14/h4-8,10-11H,3,9H2,1-2H3,(H,19,20). The third kappa shape index (κ3) is 4.33. The number of rotatable bonds is 5. The first-order chi connectivity index (χ1) is 10.1. The van der Waals surface area contributed by atoms with Crippen LogP contribution >= 0.6 is 15.9 Å². The van der Waals surface area contributed by atoms with Crippen molar-refractivity contribution in [1.29, 1.82) is 0 Å². The molecule has 4 heteroatoms. The van der Waals surface area contributed by atoms with E-state index in [9.17, 15) is 4.79 Å². The van der Waals surface area contributed by atoms with Gasteiger partial charge < -0.3 is 10.1 Å². The van der Waals surface area contributed by atoms with Gasteiger partial charge in [-0.3, -0.25) is 4.79 Å². The highest BCUT2D eigenvalue weighted by Crippen LogP contribution is 2.26. The summed E-state index contributed by atoms with van der Waals surface area (Å²) >= 11 is 3.44. The van der Waals surface area contributed by atoms with Crippen molar-refractivity contribution in [3.63, 3.8) is 0 Å². The summed E-state index contributed by atoms with van der Waals surface area (Å²) in [5, 5.41) is 2.89. The second-order valence-corrected chi connectivity index (χ2v) is 5.67. The van der Waals surface area contributed by atoms with E-state index >= 15 is 0 Å². The van der Waals surface area contributed by atoms with Crippen molar-refractivity contribution in [1.82, 2.24) is 0 Å². The number of halogens is 1. The van der Waals surface area contributed by atoms with Crippen molar-refractivity contribution in [2.45, 2.75) is 20.3 Å². The van der Waals surface area contributed by atoms with E-state index in [0.29, 0.717) is 12.2 Å². The van der Waals surface area contributed by atoms with Crippen LogP contribution in [0.2, 0.25) is 0 Å². The fourth-order valence-corrected chi connectivity index (χ4v) is 2.39. The minimum Gasteiger partial charge on any atom is -0.492 e. The molecule has 1 N–H and O–H groups in total. The first-order valence-electron chi connectivity index (χ1n) is 6.90. The van der Waals surface area contributed by atoms with E-state index in [-0.39, 0.29) is 5.91 Å². The normalized spacial score (nSPS) is 10.2. The fourth-order valence-electron chi connectivity index (χ4n) is 1.90. The molecule has 0 atom stereocenters. The molecule has 110 valence electrons. The SMILES string of the molecule is CCCOc1ccc(C(=O)Nc2cccc(C)c2)cc1Br. The monoisotopic (exact) mass is 347 g/mol. The molecule has 3 nitrogen and oxygen atoms in total. The van der Waals surface area contributed by atoms with Crippen molar-refractivity contribution in [2.75, 3.05) is 11.9 Å². The van der Waals surface area contributed by atoms with Gasteiger partial charge >= 0.3 is 0 Å². The minimum absolute atomic E-state index is 0.136. The zero-order valence-electron chi connectivity index (χ0n) is 12.2. The predicted octanol–water partition coefficient (Wildman–Crippen LogP) is 4.80. The molecule has 21 heavy (non-hydrogen) atoms. The van der Waals surface area contributed by atoms with Crippen molar-refractivity contribution in [2.24, 2.45) is 0 Å². The lowest BCUT2D eigenvalue weighted by atomic mass is 10.2. The quantitative estimate of drug-likeness (QED) is 0.843. The van der Waals surface area contributed by atoms with Crippen LogP contribution in [-0.2, 0) is 0 Å². The second kappa shape index (κ2) is 7.27. The van der Waals surface area contributed by atoms with E-state index in [0.717, 1.165) is 27.9 Å². The lowest BCUT2D eigenvalue weighted by Gasteiger charge is -2.10. The summed E-state index contributed by atoms with van der Waals surface area (Å²) in [6.07, 6.45) is 0.946. The van der Waals surface area contributed by atoms with Crippen molar-refractivity contribution in [3.05, 3.63) is 58.1 Å². The molecule has 0 aliphatic heterocycles. The van der Waals surface area contributed by atoms with E-state index in [4.69, 9.17) is 4.74 Å². The zero-order valence-corrected chi connectivity index (χ0v) is 13.7. The number of hydrogen-bond acceptors (Lipinski definition) is 2. The molecular weight excluding hydrogens is 330 g/mol. The van der Waals surface area contributed by atoms with Crippen LogP contribution in [0.1, 0.15) is 29.3 Å². The smallest absolute Gasteiger partial charge is 0.255 e. The van der Waals surface area contributed by atoms with Gasteiger partial charge in [-0.2, -0.15) is 0 Å². The summed E-state index contributed by atoms with van der Waals surface area (Å²) in [6.45, 7) is 4.71. The third-order valence-electron chi connectivity index (χ3n) is 2.93. The summed E-state index contributed by atoms with van der Waals surface area (Å²) < 4.78 is 6.36. The molecule has 2 rings (SSSR count). The Bertz CT molecular complexity index is 640. The Kier molecular flexibility index (Phi) is 5.39. The number of ether oxygens (including phenoxy) is 1. The van der Waals surface area contributed by atoms with Gasteiger partial charge in [-0.05, 0) is 65.2 Å². The number of hydrogen-bond donors (Lipinski definition) is 1. The van der Waals surface area contributed by atoms with E-state index in [1.165, 1.54) is 0 Å². The Hall–Kier alpha value is -1.81. The van der Waals surface area contributed by atoms with Crippen LogP contribution < -0.4 is 10.1 Å². The highest BCUT2D eigenvalue weighted by molar-refractivity contribution is 9.10. The Labute approximate surface area is 133 Å². The molecule has 0 aromatic heterocycles.